The Bertz CT molecular complexity index is 1630. The number of ether oxygens (including phenoxy) is 1. The van der Waals surface area contributed by atoms with Crippen LogP contribution in [-0.4, -0.2) is 39.4 Å². The first-order valence-corrected chi connectivity index (χ1v) is 13.0. The van der Waals surface area contributed by atoms with E-state index in [0.29, 0.717) is 28.4 Å². The molecule has 0 spiro atoms. The van der Waals surface area contributed by atoms with Gasteiger partial charge in [-0.25, -0.2) is 19.3 Å². The SMILES string of the molecule is CN=C(c1ccc(OC)c(C)c1)c1c(N)ncnc1NC(C)c1nc2cccc(F)c2c(=O)n1C1CCCC1. The van der Waals surface area contributed by atoms with Gasteiger partial charge >= 0.3 is 0 Å². The summed E-state index contributed by atoms with van der Waals surface area (Å²) in [6.45, 7) is 3.86. The minimum Gasteiger partial charge on any atom is -0.496 e. The third kappa shape index (κ3) is 4.82. The molecule has 1 aliphatic rings. The minimum absolute atomic E-state index is 0.0163. The van der Waals surface area contributed by atoms with E-state index < -0.39 is 11.9 Å². The fourth-order valence-corrected chi connectivity index (χ4v) is 5.46. The van der Waals surface area contributed by atoms with Crippen molar-refractivity contribution in [2.75, 3.05) is 25.2 Å². The van der Waals surface area contributed by atoms with Gasteiger partial charge in [-0.05, 0) is 62.6 Å². The highest BCUT2D eigenvalue weighted by atomic mass is 19.1. The molecule has 202 valence electrons. The van der Waals surface area contributed by atoms with E-state index in [-0.39, 0.29) is 22.8 Å². The van der Waals surface area contributed by atoms with Gasteiger partial charge in [-0.3, -0.25) is 14.4 Å². The Morgan fingerprint density at radius 3 is 2.69 bits per heavy atom. The van der Waals surface area contributed by atoms with Crippen LogP contribution >= 0.6 is 0 Å². The monoisotopic (exact) mass is 529 g/mol. The summed E-state index contributed by atoms with van der Waals surface area (Å²) in [5, 5.41) is 3.42. The summed E-state index contributed by atoms with van der Waals surface area (Å²) in [7, 11) is 3.31. The van der Waals surface area contributed by atoms with Gasteiger partial charge in [-0.2, -0.15) is 0 Å². The first-order valence-electron chi connectivity index (χ1n) is 13.0. The number of aromatic nitrogens is 4. The Morgan fingerprint density at radius 2 is 2.00 bits per heavy atom. The van der Waals surface area contributed by atoms with Crippen LogP contribution in [0.4, 0.5) is 16.0 Å². The van der Waals surface area contributed by atoms with Gasteiger partial charge in [0.25, 0.3) is 5.56 Å². The average molecular weight is 530 g/mol. The van der Waals surface area contributed by atoms with Crippen molar-refractivity contribution < 1.29 is 9.13 Å². The number of aliphatic imine (C=N–C) groups is 1. The molecular formula is C29H32FN7O2. The quantitative estimate of drug-likeness (QED) is 0.324. The lowest BCUT2D eigenvalue weighted by Crippen LogP contribution is -2.31. The third-order valence-corrected chi connectivity index (χ3v) is 7.34. The first-order chi connectivity index (χ1) is 18.8. The summed E-state index contributed by atoms with van der Waals surface area (Å²) < 4.78 is 21.8. The van der Waals surface area contributed by atoms with Crippen LogP contribution in [0.25, 0.3) is 10.9 Å². The molecule has 1 saturated carbocycles. The third-order valence-electron chi connectivity index (χ3n) is 7.34. The number of aryl methyl sites for hydroxylation is 1. The number of hydrogen-bond donors (Lipinski definition) is 2. The molecule has 0 radical (unpaired) electrons. The van der Waals surface area contributed by atoms with Crippen molar-refractivity contribution in [2.45, 2.75) is 51.6 Å². The molecule has 1 atom stereocenters. The molecule has 0 aliphatic heterocycles. The molecule has 0 amide bonds. The maximum atomic E-state index is 14.7. The molecule has 2 aromatic carbocycles. The lowest BCUT2D eigenvalue weighted by atomic mass is 10.0. The van der Waals surface area contributed by atoms with Crippen LogP contribution in [0, 0.1) is 12.7 Å². The first kappa shape index (κ1) is 26.3. The number of rotatable bonds is 7. The Kier molecular flexibility index (Phi) is 7.28. The molecule has 10 heteroatoms. The van der Waals surface area contributed by atoms with E-state index in [0.717, 1.165) is 42.6 Å². The van der Waals surface area contributed by atoms with Gasteiger partial charge in [0, 0.05) is 18.7 Å². The van der Waals surface area contributed by atoms with Crippen LogP contribution in [0.5, 0.6) is 5.75 Å². The van der Waals surface area contributed by atoms with Gasteiger partial charge < -0.3 is 15.8 Å². The molecule has 9 nitrogen and oxygen atoms in total. The van der Waals surface area contributed by atoms with E-state index in [1.807, 2.05) is 32.0 Å². The Balaban J connectivity index is 1.60. The molecule has 0 bridgehead atoms. The van der Waals surface area contributed by atoms with Gasteiger partial charge in [0.2, 0.25) is 0 Å². The number of halogens is 1. The van der Waals surface area contributed by atoms with Crippen molar-refractivity contribution >= 4 is 28.3 Å². The molecule has 1 unspecified atom stereocenters. The number of methoxy groups -OCH3 is 1. The predicted octanol–water partition coefficient (Wildman–Crippen LogP) is 4.98. The maximum absolute atomic E-state index is 14.7. The number of fused-ring (bicyclic) bond motifs is 1. The van der Waals surface area contributed by atoms with Crippen LogP contribution in [0.2, 0.25) is 0 Å². The summed E-state index contributed by atoms with van der Waals surface area (Å²) >= 11 is 0. The number of nitrogens with one attached hydrogen (secondary N) is 1. The van der Waals surface area contributed by atoms with Crippen molar-refractivity contribution in [3.05, 3.63) is 81.4 Å². The largest absolute Gasteiger partial charge is 0.496 e. The number of anilines is 2. The number of nitrogens with two attached hydrogens (primary N) is 1. The molecule has 2 heterocycles. The van der Waals surface area contributed by atoms with Crippen LogP contribution in [0.1, 0.15) is 67.2 Å². The molecular weight excluding hydrogens is 497 g/mol. The summed E-state index contributed by atoms with van der Waals surface area (Å²) in [5.41, 5.74) is 9.26. The van der Waals surface area contributed by atoms with E-state index in [4.69, 9.17) is 15.5 Å². The van der Waals surface area contributed by atoms with E-state index in [9.17, 15) is 9.18 Å². The normalized spacial score (nSPS) is 15.1. The molecule has 3 N–H and O–H groups in total. The van der Waals surface area contributed by atoms with Gasteiger partial charge in [-0.1, -0.05) is 18.9 Å². The molecule has 4 aromatic rings. The van der Waals surface area contributed by atoms with Crippen molar-refractivity contribution in [3.8, 4) is 5.75 Å². The average Bonchev–Trinajstić information content (AvgIpc) is 3.45. The summed E-state index contributed by atoms with van der Waals surface area (Å²) in [6, 6.07) is 9.78. The second-order valence-corrected chi connectivity index (χ2v) is 9.82. The zero-order valence-electron chi connectivity index (χ0n) is 22.5. The molecule has 1 aliphatic carbocycles. The van der Waals surface area contributed by atoms with E-state index in [2.05, 4.69) is 20.3 Å². The summed E-state index contributed by atoms with van der Waals surface area (Å²) in [6.07, 6.45) is 5.09. The van der Waals surface area contributed by atoms with E-state index in [1.165, 1.54) is 12.4 Å². The Labute approximate surface area is 226 Å². The van der Waals surface area contributed by atoms with E-state index >= 15 is 0 Å². The number of nitrogen functional groups attached to an aromatic ring is 1. The molecule has 0 saturated heterocycles. The molecule has 1 fully saturated rings. The highest BCUT2D eigenvalue weighted by molar-refractivity contribution is 6.18. The number of hydrogen-bond acceptors (Lipinski definition) is 8. The topological polar surface area (TPSA) is 120 Å². The zero-order valence-corrected chi connectivity index (χ0v) is 22.5. The van der Waals surface area contributed by atoms with Crippen molar-refractivity contribution in [1.82, 2.24) is 19.5 Å². The highest BCUT2D eigenvalue weighted by Crippen LogP contribution is 2.33. The van der Waals surface area contributed by atoms with Crippen LogP contribution in [-0.2, 0) is 0 Å². The van der Waals surface area contributed by atoms with Crippen LogP contribution < -0.4 is 21.3 Å². The highest BCUT2D eigenvalue weighted by Gasteiger charge is 2.27. The Morgan fingerprint density at radius 1 is 1.23 bits per heavy atom. The van der Waals surface area contributed by atoms with Gasteiger partial charge in [0.05, 0.1) is 29.9 Å². The fraction of sp³-hybridized carbons (Fsp3) is 0.345. The van der Waals surface area contributed by atoms with Crippen molar-refractivity contribution in [1.29, 1.82) is 0 Å². The molecule has 5 rings (SSSR count). The van der Waals surface area contributed by atoms with Crippen LogP contribution in [0.3, 0.4) is 0 Å². The van der Waals surface area contributed by atoms with Crippen molar-refractivity contribution in [3.63, 3.8) is 0 Å². The number of benzene rings is 2. The number of nitrogens with zero attached hydrogens (tertiary/aromatic N) is 5. The van der Waals surface area contributed by atoms with Gasteiger partial charge in [-0.15, -0.1) is 0 Å². The van der Waals surface area contributed by atoms with Crippen LogP contribution in [0.15, 0.2) is 52.5 Å². The zero-order chi connectivity index (χ0) is 27.7. The second kappa shape index (κ2) is 10.8. The molecule has 2 aromatic heterocycles. The minimum atomic E-state index is -0.562. The van der Waals surface area contributed by atoms with Gasteiger partial charge in [0.15, 0.2) is 0 Å². The van der Waals surface area contributed by atoms with Gasteiger partial charge in [0.1, 0.15) is 40.7 Å². The smallest absolute Gasteiger partial charge is 0.264 e. The fourth-order valence-electron chi connectivity index (χ4n) is 5.46. The second-order valence-electron chi connectivity index (χ2n) is 9.82. The standard InChI is InChI=1S/C29H32FN7O2/c1-16-14-18(12-13-22(16)39-4)25(32-3)24-26(31)33-15-34-27(24)35-17(2)28-36-21-11-7-10-20(30)23(21)29(38)37(28)19-8-5-6-9-19/h7,10-15,17,19H,5-6,8-9H2,1-4H3,(H3,31,33,34,35). The predicted molar refractivity (Wildman–Crippen MR) is 151 cm³/mol. The summed E-state index contributed by atoms with van der Waals surface area (Å²) in [5.74, 6) is 1.44. The maximum Gasteiger partial charge on any atom is 0.264 e. The summed E-state index contributed by atoms with van der Waals surface area (Å²) in [4.78, 5) is 31.7. The lowest BCUT2D eigenvalue weighted by Gasteiger charge is -2.24. The van der Waals surface area contributed by atoms with E-state index in [1.54, 1.807) is 30.9 Å². The molecule has 39 heavy (non-hydrogen) atoms. The van der Waals surface area contributed by atoms with Crippen molar-refractivity contribution in [2.24, 2.45) is 4.99 Å². The lowest BCUT2D eigenvalue weighted by molar-refractivity contribution is 0.411. The Hall–Kier alpha value is -4.34.